The number of esters is 1. The highest BCUT2D eigenvalue weighted by molar-refractivity contribution is 5.95. The summed E-state index contributed by atoms with van der Waals surface area (Å²) in [4.78, 5) is 26.3. The fraction of sp³-hybridized carbons (Fsp3) is 0.462. The second-order valence-electron chi connectivity index (χ2n) is 8.89. The number of ether oxygens (including phenoxy) is 1. The van der Waals surface area contributed by atoms with E-state index in [9.17, 15) is 14.0 Å². The van der Waals surface area contributed by atoms with E-state index in [1.54, 1.807) is 13.8 Å². The van der Waals surface area contributed by atoms with Gasteiger partial charge >= 0.3 is 5.97 Å². The summed E-state index contributed by atoms with van der Waals surface area (Å²) in [5, 5.41) is 3.05. The van der Waals surface area contributed by atoms with Gasteiger partial charge in [0.2, 0.25) is 0 Å². The zero-order chi connectivity index (χ0) is 23.1. The van der Waals surface area contributed by atoms with Crippen LogP contribution in [0.1, 0.15) is 49.3 Å². The number of nitrogens with one attached hydrogen (secondary N) is 1. The highest BCUT2D eigenvalue weighted by Gasteiger charge is 2.45. The molecule has 0 saturated carbocycles. The standard InChI is InChI=1S/C26H33FN2O3/c1-4-10-23(26(31)28-25-19(2)15-22(27)16-20(25)3)29(13-8-9-14-29)17-24(30)32-18-21-11-6-5-7-12-21/h5-7,11-12,15-16,23H,4,8-10,13-14,17-18H2,1-3H3/p+1. The van der Waals surface area contributed by atoms with Gasteiger partial charge in [0.05, 0.1) is 13.1 Å². The number of amides is 1. The van der Waals surface area contributed by atoms with Crippen molar-refractivity contribution in [3.8, 4) is 0 Å². The Kier molecular flexibility index (Phi) is 8.02. The van der Waals surface area contributed by atoms with Gasteiger partial charge in [-0.05, 0) is 49.1 Å². The van der Waals surface area contributed by atoms with Gasteiger partial charge in [0.15, 0.2) is 12.6 Å². The van der Waals surface area contributed by atoms with Crippen LogP contribution in [0.2, 0.25) is 0 Å². The van der Waals surface area contributed by atoms with Gasteiger partial charge in [0.1, 0.15) is 12.4 Å². The van der Waals surface area contributed by atoms with Gasteiger partial charge in [-0.2, -0.15) is 0 Å². The van der Waals surface area contributed by atoms with Crippen LogP contribution in [0, 0.1) is 19.7 Å². The molecule has 0 bridgehead atoms. The third-order valence-electron chi connectivity index (χ3n) is 6.42. The fourth-order valence-electron chi connectivity index (χ4n) is 4.83. The number of carbonyl (C=O) groups excluding carboxylic acids is 2. The molecule has 1 aliphatic heterocycles. The molecule has 32 heavy (non-hydrogen) atoms. The van der Waals surface area contributed by atoms with Crippen molar-refractivity contribution < 1.29 is 23.2 Å². The lowest BCUT2D eigenvalue weighted by Crippen LogP contribution is -2.60. The van der Waals surface area contributed by atoms with Crippen molar-refractivity contribution in [2.75, 3.05) is 25.0 Å². The molecule has 6 heteroatoms. The van der Waals surface area contributed by atoms with Crippen molar-refractivity contribution in [2.24, 2.45) is 0 Å². The predicted octanol–water partition coefficient (Wildman–Crippen LogP) is 4.90. The van der Waals surface area contributed by atoms with Gasteiger partial charge in [-0.1, -0.05) is 37.3 Å². The first kappa shape index (κ1) is 23.9. The number of hydrogen-bond donors (Lipinski definition) is 1. The monoisotopic (exact) mass is 441 g/mol. The van der Waals surface area contributed by atoms with Crippen molar-refractivity contribution in [2.45, 2.75) is 59.1 Å². The summed E-state index contributed by atoms with van der Waals surface area (Å²) in [6.07, 6.45) is 3.47. The molecular formula is C26H34FN2O3+. The Morgan fingerprint density at radius 2 is 1.72 bits per heavy atom. The van der Waals surface area contributed by atoms with E-state index in [0.717, 1.165) is 37.9 Å². The molecule has 0 spiro atoms. The van der Waals surface area contributed by atoms with Crippen LogP contribution in [0.5, 0.6) is 0 Å². The van der Waals surface area contributed by atoms with Crippen molar-refractivity contribution in [1.82, 2.24) is 0 Å². The van der Waals surface area contributed by atoms with E-state index < -0.39 is 0 Å². The van der Waals surface area contributed by atoms with Crippen molar-refractivity contribution in [3.05, 3.63) is 65.0 Å². The van der Waals surface area contributed by atoms with Gasteiger partial charge in [-0.25, -0.2) is 9.18 Å². The van der Waals surface area contributed by atoms with E-state index in [1.165, 1.54) is 12.1 Å². The number of aryl methyl sites for hydroxylation is 2. The Morgan fingerprint density at radius 3 is 2.31 bits per heavy atom. The number of quaternary nitrogens is 1. The van der Waals surface area contributed by atoms with Crippen LogP contribution >= 0.6 is 0 Å². The van der Waals surface area contributed by atoms with Crippen LogP contribution in [0.3, 0.4) is 0 Å². The van der Waals surface area contributed by atoms with Crippen LogP contribution < -0.4 is 5.32 Å². The minimum absolute atomic E-state index is 0.109. The van der Waals surface area contributed by atoms with Crippen LogP contribution in [-0.2, 0) is 20.9 Å². The van der Waals surface area contributed by atoms with E-state index in [2.05, 4.69) is 12.2 Å². The summed E-state index contributed by atoms with van der Waals surface area (Å²) < 4.78 is 19.7. The summed E-state index contributed by atoms with van der Waals surface area (Å²) in [5.74, 6) is -0.700. The molecule has 3 rings (SSSR count). The van der Waals surface area contributed by atoms with Gasteiger partial charge in [0.25, 0.3) is 5.91 Å². The Morgan fingerprint density at radius 1 is 1.09 bits per heavy atom. The number of carbonyl (C=O) groups is 2. The summed E-state index contributed by atoms with van der Waals surface area (Å²) in [6.45, 7) is 7.61. The number of rotatable bonds is 9. The van der Waals surface area contributed by atoms with Crippen LogP contribution in [0.4, 0.5) is 10.1 Å². The molecule has 1 fully saturated rings. The average Bonchev–Trinajstić information content (AvgIpc) is 3.22. The molecule has 1 unspecified atom stereocenters. The Hall–Kier alpha value is -2.73. The molecule has 172 valence electrons. The lowest BCUT2D eigenvalue weighted by Gasteiger charge is -2.40. The summed E-state index contributed by atoms with van der Waals surface area (Å²) in [5.41, 5.74) is 2.99. The lowest BCUT2D eigenvalue weighted by atomic mass is 10.0. The number of likely N-dealkylation sites (tertiary alicyclic amines) is 1. The van der Waals surface area contributed by atoms with Gasteiger partial charge in [0, 0.05) is 24.9 Å². The van der Waals surface area contributed by atoms with Crippen LogP contribution in [0.25, 0.3) is 0 Å². The SMILES string of the molecule is CCCC(C(=O)Nc1c(C)cc(F)cc1C)[N+]1(CC(=O)OCc2ccccc2)CCCC1. The fourth-order valence-corrected chi connectivity index (χ4v) is 4.83. The minimum Gasteiger partial charge on any atom is -0.457 e. The normalized spacial score (nSPS) is 15.9. The highest BCUT2D eigenvalue weighted by atomic mass is 19.1. The Balaban J connectivity index is 1.76. The average molecular weight is 442 g/mol. The molecule has 1 atom stereocenters. The molecule has 1 amide bonds. The van der Waals surface area contributed by atoms with E-state index in [4.69, 9.17) is 4.74 Å². The van der Waals surface area contributed by atoms with Crippen molar-refractivity contribution in [3.63, 3.8) is 0 Å². The maximum atomic E-state index is 13.7. The third kappa shape index (κ3) is 5.74. The van der Waals surface area contributed by atoms with E-state index in [1.807, 2.05) is 30.3 Å². The number of nitrogens with zero attached hydrogens (tertiary/aromatic N) is 1. The molecular weight excluding hydrogens is 407 g/mol. The first-order valence-electron chi connectivity index (χ1n) is 11.5. The molecule has 0 radical (unpaired) electrons. The molecule has 0 aliphatic carbocycles. The van der Waals surface area contributed by atoms with E-state index >= 15 is 0 Å². The molecule has 2 aromatic carbocycles. The number of benzene rings is 2. The first-order valence-corrected chi connectivity index (χ1v) is 11.5. The third-order valence-corrected chi connectivity index (χ3v) is 6.42. The van der Waals surface area contributed by atoms with Crippen molar-refractivity contribution in [1.29, 1.82) is 0 Å². The summed E-state index contributed by atoms with van der Waals surface area (Å²) in [7, 11) is 0. The second kappa shape index (κ2) is 10.7. The van der Waals surface area contributed by atoms with Crippen LogP contribution in [0.15, 0.2) is 42.5 Å². The number of anilines is 1. The molecule has 5 nitrogen and oxygen atoms in total. The molecule has 1 N–H and O–H groups in total. The maximum Gasteiger partial charge on any atom is 0.362 e. The summed E-state index contributed by atoms with van der Waals surface area (Å²) in [6, 6.07) is 12.1. The zero-order valence-corrected chi connectivity index (χ0v) is 19.3. The highest BCUT2D eigenvalue weighted by Crippen LogP contribution is 2.29. The van der Waals surface area contributed by atoms with Crippen LogP contribution in [-0.4, -0.2) is 42.0 Å². The van der Waals surface area contributed by atoms with Gasteiger partial charge in [-0.15, -0.1) is 0 Å². The molecule has 1 aliphatic rings. The number of halogens is 1. The molecule has 1 heterocycles. The van der Waals surface area contributed by atoms with E-state index in [0.29, 0.717) is 27.7 Å². The molecule has 0 aromatic heterocycles. The lowest BCUT2D eigenvalue weighted by molar-refractivity contribution is -0.925. The zero-order valence-electron chi connectivity index (χ0n) is 19.3. The quantitative estimate of drug-likeness (QED) is 0.445. The predicted molar refractivity (Wildman–Crippen MR) is 124 cm³/mol. The summed E-state index contributed by atoms with van der Waals surface area (Å²) >= 11 is 0. The van der Waals surface area contributed by atoms with E-state index in [-0.39, 0.29) is 36.9 Å². The van der Waals surface area contributed by atoms with Crippen molar-refractivity contribution >= 4 is 17.6 Å². The Bertz CT molecular complexity index is 916. The number of hydrogen-bond acceptors (Lipinski definition) is 3. The first-order chi connectivity index (χ1) is 15.3. The Labute approximate surface area is 190 Å². The molecule has 1 saturated heterocycles. The topological polar surface area (TPSA) is 55.4 Å². The minimum atomic E-state index is -0.351. The van der Waals surface area contributed by atoms with Gasteiger partial charge < -0.3 is 14.5 Å². The largest absolute Gasteiger partial charge is 0.457 e. The second-order valence-corrected chi connectivity index (χ2v) is 8.89. The smallest absolute Gasteiger partial charge is 0.362 e. The van der Waals surface area contributed by atoms with Gasteiger partial charge in [-0.3, -0.25) is 4.79 Å². The molecule has 2 aromatic rings. The maximum absolute atomic E-state index is 13.7.